The molecule has 0 radical (unpaired) electrons. The van der Waals surface area contributed by atoms with E-state index in [-0.39, 0.29) is 17.9 Å². The molecule has 0 aliphatic rings. The summed E-state index contributed by atoms with van der Waals surface area (Å²) in [5.41, 5.74) is 0.141. The molecule has 0 bridgehead atoms. The van der Waals surface area contributed by atoms with Crippen molar-refractivity contribution in [2.45, 2.75) is 25.6 Å². The molecule has 1 rings (SSSR count). The van der Waals surface area contributed by atoms with Crippen molar-refractivity contribution in [1.29, 1.82) is 0 Å². The number of nitrogens with one attached hydrogen (secondary N) is 1. The van der Waals surface area contributed by atoms with Gasteiger partial charge in [-0.2, -0.15) is 13.2 Å². The fourth-order valence-electron chi connectivity index (χ4n) is 1.19. The quantitative estimate of drug-likeness (QED) is 0.862. The minimum absolute atomic E-state index is 0.228. The van der Waals surface area contributed by atoms with Crippen molar-refractivity contribution < 1.29 is 23.1 Å². The lowest BCUT2D eigenvalue weighted by molar-refractivity contribution is -0.206. The highest BCUT2D eigenvalue weighted by molar-refractivity contribution is 5.90. The van der Waals surface area contributed by atoms with Gasteiger partial charge in [0.2, 0.25) is 5.91 Å². The van der Waals surface area contributed by atoms with Crippen molar-refractivity contribution in [2.75, 3.05) is 5.32 Å². The third-order valence-electron chi connectivity index (χ3n) is 2.14. The minimum Gasteiger partial charge on any atom is -0.379 e. The first-order valence-corrected chi connectivity index (χ1v) is 4.99. The van der Waals surface area contributed by atoms with E-state index in [0.29, 0.717) is 5.69 Å². The molecule has 94 valence electrons. The van der Waals surface area contributed by atoms with Crippen molar-refractivity contribution in [3.63, 3.8) is 0 Å². The SMILES string of the molecule is CCC(=O)Nc1ccc(C(O)C(F)(F)F)cc1. The minimum atomic E-state index is -4.69. The van der Waals surface area contributed by atoms with Gasteiger partial charge in [-0.1, -0.05) is 19.1 Å². The first-order valence-electron chi connectivity index (χ1n) is 4.99. The topological polar surface area (TPSA) is 49.3 Å². The number of rotatable bonds is 3. The molecule has 0 aromatic heterocycles. The van der Waals surface area contributed by atoms with Crippen LogP contribution in [0.4, 0.5) is 18.9 Å². The Morgan fingerprint density at radius 3 is 2.29 bits per heavy atom. The van der Waals surface area contributed by atoms with Gasteiger partial charge in [0.15, 0.2) is 6.10 Å². The number of aliphatic hydroxyl groups excluding tert-OH is 1. The molecular weight excluding hydrogens is 235 g/mol. The summed E-state index contributed by atoms with van der Waals surface area (Å²) in [5, 5.41) is 11.5. The Balaban J connectivity index is 2.78. The summed E-state index contributed by atoms with van der Waals surface area (Å²) in [6, 6.07) is 4.89. The average molecular weight is 247 g/mol. The maximum Gasteiger partial charge on any atom is 0.418 e. The third-order valence-corrected chi connectivity index (χ3v) is 2.14. The van der Waals surface area contributed by atoms with Gasteiger partial charge in [0.1, 0.15) is 0 Å². The summed E-state index contributed by atoms with van der Waals surface area (Å²) >= 11 is 0. The van der Waals surface area contributed by atoms with Crippen LogP contribution in [0.3, 0.4) is 0 Å². The van der Waals surface area contributed by atoms with E-state index in [9.17, 15) is 18.0 Å². The summed E-state index contributed by atoms with van der Waals surface area (Å²) in [7, 11) is 0. The number of carbonyl (C=O) groups excluding carboxylic acids is 1. The van der Waals surface area contributed by atoms with Crippen LogP contribution in [0.5, 0.6) is 0 Å². The largest absolute Gasteiger partial charge is 0.418 e. The van der Waals surface area contributed by atoms with E-state index in [4.69, 9.17) is 5.11 Å². The van der Waals surface area contributed by atoms with Crippen LogP contribution in [0.2, 0.25) is 0 Å². The monoisotopic (exact) mass is 247 g/mol. The molecule has 1 unspecified atom stereocenters. The van der Waals surface area contributed by atoms with E-state index in [1.165, 1.54) is 12.1 Å². The Labute approximate surface area is 96.3 Å². The van der Waals surface area contributed by atoms with E-state index in [2.05, 4.69) is 5.32 Å². The molecule has 0 aliphatic carbocycles. The van der Waals surface area contributed by atoms with E-state index in [1.807, 2.05) is 0 Å². The molecule has 2 N–H and O–H groups in total. The smallest absolute Gasteiger partial charge is 0.379 e. The van der Waals surface area contributed by atoms with E-state index in [1.54, 1.807) is 6.92 Å². The number of alkyl halides is 3. The molecule has 1 aromatic rings. The summed E-state index contributed by atoms with van der Waals surface area (Å²) in [6.07, 6.45) is -6.90. The lowest BCUT2D eigenvalue weighted by atomic mass is 10.1. The first kappa shape index (κ1) is 13.5. The van der Waals surface area contributed by atoms with Crippen LogP contribution >= 0.6 is 0 Å². The molecule has 0 heterocycles. The summed E-state index contributed by atoms with van der Waals surface area (Å²) in [4.78, 5) is 11.0. The third kappa shape index (κ3) is 3.74. The van der Waals surface area contributed by atoms with Crippen molar-refractivity contribution in [2.24, 2.45) is 0 Å². The van der Waals surface area contributed by atoms with Crippen LogP contribution in [-0.2, 0) is 4.79 Å². The fraction of sp³-hybridized carbons (Fsp3) is 0.364. The van der Waals surface area contributed by atoms with Gasteiger partial charge in [-0.15, -0.1) is 0 Å². The second-order valence-electron chi connectivity index (χ2n) is 3.47. The molecule has 1 aromatic carbocycles. The molecule has 6 heteroatoms. The maximum atomic E-state index is 12.2. The molecule has 1 atom stereocenters. The fourth-order valence-corrected chi connectivity index (χ4v) is 1.19. The van der Waals surface area contributed by atoms with Crippen LogP contribution in [0.15, 0.2) is 24.3 Å². The molecule has 0 saturated heterocycles. The van der Waals surface area contributed by atoms with Crippen molar-refractivity contribution >= 4 is 11.6 Å². The molecule has 1 amide bonds. The highest BCUT2D eigenvalue weighted by Crippen LogP contribution is 2.32. The molecular formula is C11H12F3NO2. The Morgan fingerprint density at radius 2 is 1.88 bits per heavy atom. The highest BCUT2D eigenvalue weighted by Gasteiger charge is 2.39. The second-order valence-corrected chi connectivity index (χ2v) is 3.47. The lowest BCUT2D eigenvalue weighted by Crippen LogP contribution is -2.20. The molecule has 0 saturated carbocycles. The van der Waals surface area contributed by atoms with Gasteiger partial charge < -0.3 is 10.4 Å². The van der Waals surface area contributed by atoms with Gasteiger partial charge in [-0.25, -0.2) is 0 Å². The van der Waals surface area contributed by atoms with Crippen LogP contribution in [0.25, 0.3) is 0 Å². The van der Waals surface area contributed by atoms with Gasteiger partial charge in [0.05, 0.1) is 0 Å². The Kier molecular flexibility index (Phi) is 4.11. The highest BCUT2D eigenvalue weighted by atomic mass is 19.4. The number of anilines is 1. The maximum absolute atomic E-state index is 12.2. The van der Waals surface area contributed by atoms with Crippen LogP contribution in [0, 0.1) is 0 Å². The van der Waals surface area contributed by atoms with Crippen molar-refractivity contribution in [3.8, 4) is 0 Å². The Morgan fingerprint density at radius 1 is 1.35 bits per heavy atom. The van der Waals surface area contributed by atoms with E-state index < -0.39 is 12.3 Å². The van der Waals surface area contributed by atoms with Gasteiger partial charge in [-0.05, 0) is 17.7 Å². The lowest BCUT2D eigenvalue weighted by Gasteiger charge is -2.15. The zero-order chi connectivity index (χ0) is 13.1. The van der Waals surface area contributed by atoms with Gasteiger partial charge in [0.25, 0.3) is 0 Å². The average Bonchev–Trinajstić information content (AvgIpc) is 2.27. The number of benzene rings is 1. The van der Waals surface area contributed by atoms with Crippen molar-refractivity contribution in [1.82, 2.24) is 0 Å². The number of hydrogen-bond acceptors (Lipinski definition) is 2. The number of aliphatic hydroxyl groups is 1. The first-order chi connectivity index (χ1) is 7.84. The number of carbonyl (C=O) groups is 1. The molecule has 3 nitrogen and oxygen atoms in total. The molecule has 17 heavy (non-hydrogen) atoms. The summed E-state index contributed by atoms with van der Waals surface area (Å²) in [6.45, 7) is 1.66. The molecule has 0 spiro atoms. The van der Waals surface area contributed by atoms with Gasteiger partial charge >= 0.3 is 6.18 Å². The second kappa shape index (κ2) is 5.18. The zero-order valence-electron chi connectivity index (χ0n) is 9.08. The van der Waals surface area contributed by atoms with Crippen LogP contribution in [-0.4, -0.2) is 17.2 Å². The van der Waals surface area contributed by atoms with Crippen molar-refractivity contribution in [3.05, 3.63) is 29.8 Å². The van der Waals surface area contributed by atoms with E-state index in [0.717, 1.165) is 12.1 Å². The summed E-state index contributed by atoms with van der Waals surface area (Å²) < 4.78 is 36.5. The molecule has 0 fully saturated rings. The van der Waals surface area contributed by atoms with Gasteiger partial charge in [0, 0.05) is 12.1 Å². The normalized spacial score (nSPS) is 13.2. The van der Waals surface area contributed by atoms with Gasteiger partial charge in [-0.3, -0.25) is 4.79 Å². The number of halogens is 3. The zero-order valence-corrected chi connectivity index (χ0v) is 9.08. The number of hydrogen-bond donors (Lipinski definition) is 2. The Bertz CT molecular complexity index is 387. The standard InChI is InChI=1S/C11H12F3NO2/c1-2-9(16)15-8-5-3-7(4-6-8)10(17)11(12,13)14/h3-6,10,17H,2H2,1H3,(H,15,16). The number of amides is 1. The molecule has 0 aliphatic heterocycles. The van der Waals surface area contributed by atoms with Crippen LogP contribution < -0.4 is 5.32 Å². The Hall–Kier alpha value is -1.56. The van der Waals surface area contributed by atoms with Crippen LogP contribution in [0.1, 0.15) is 25.0 Å². The predicted octanol–water partition coefficient (Wildman–Crippen LogP) is 2.63. The van der Waals surface area contributed by atoms with E-state index >= 15 is 0 Å². The summed E-state index contributed by atoms with van der Waals surface area (Å²) in [5.74, 6) is -0.228. The predicted molar refractivity (Wildman–Crippen MR) is 56.4 cm³/mol.